The van der Waals surface area contributed by atoms with Crippen molar-refractivity contribution in [2.45, 2.75) is 6.42 Å². The Hall–Kier alpha value is -2.05. The zero-order valence-electron chi connectivity index (χ0n) is 13.0. The summed E-state index contributed by atoms with van der Waals surface area (Å²) in [6, 6.07) is 10.1. The van der Waals surface area contributed by atoms with Crippen LogP contribution in [0, 0.1) is 0 Å². The number of hydrogen-bond donors (Lipinski definition) is 1. The fourth-order valence-electron chi connectivity index (χ4n) is 2.29. The van der Waals surface area contributed by atoms with E-state index in [0.717, 1.165) is 0 Å². The van der Waals surface area contributed by atoms with Gasteiger partial charge in [-0.3, -0.25) is 9.59 Å². The molecule has 0 heterocycles. The molecule has 0 bridgehead atoms. The SMILES string of the molecule is COc1ccccc1N(C)C(=O)c1cc(Br)c(Cl)cc1CC(=O)O. The maximum absolute atomic E-state index is 12.9. The third-order valence-corrected chi connectivity index (χ3v) is 4.67. The lowest BCUT2D eigenvalue weighted by atomic mass is 10.0. The number of ether oxygens (including phenoxy) is 1. The average Bonchev–Trinajstić information content (AvgIpc) is 2.56. The van der Waals surface area contributed by atoms with Gasteiger partial charge in [0.1, 0.15) is 5.75 Å². The van der Waals surface area contributed by atoms with Crippen molar-refractivity contribution >= 4 is 45.1 Å². The van der Waals surface area contributed by atoms with Crippen LogP contribution >= 0.6 is 27.5 Å². The summed E-state index contributed by atoms with van der Waals surface area (Å²) in [6.45, 7) is 0. The second-order valence-electron chi connectivity index (χ2n) is 5.03. The Balaban J connectivity index is 2.48. The minimum absolute atomic E-state index is 0.266. The van der Waals surface area contributed by atoms with E-state index in [4.69, 9.17) is 21.4 Å². The third-order valence-electron chi connectivity index (χ3n) is 3.47. The van der Waals surface area contributed by atoms with E-state index in [1.165, 1.54) is 24.1 Å². The van der Waals surface area contributed by atoms with E-state index >= 15 is 0 Å². The van der Waals surface area contributed by atoms with Gasteiger partial charge in [0, 0.05) is 17.1 Å². The van der Waals surface area contributed by atoms with Crippen LogP contribution in [0.4, 0.5) is 5.69 Å². The summed E-state index contributed by atoms with van der Waals surface area (Å²) in [5, 5.41) is 9.42. The molecule has 0 spiro atoms. The van der Waals surface area contributed by atoms with E-state index in [9.17, 15) is 9.59 Å². The molecule has 0 aliphatic carbocycles. The fourth-order valence-corrected chi connectivity index (χ4v) is 2.82. The number of rotatable bonds is 5. The molecule has 24 heavy (non-hydrogen) atoms. The van der Waals surface area contributed by atoms with Gasteiger partial charge in [0.2, 0.25) is 0 Å². The monoisotopic (exact) mass is 411 g/mol. The molecule has 1 amide bonds. The Bertz CT molecular complexity index is 794. The summed E-state index contributed by atoms with van der Waals surface area (Å²) in [6.07, 6.45) is -0.298. The highest BCUT2D eigenvalue weighted by molar-refractivity contribution is 9.10. The van der Waals surface area contributed by atoms with E-state index < -0.39 is 5.97 Å². The minimum Gasteiger partial charge on any atom is -0.495 e. The first-order valence-electron chi connectivity index (χ1n) is 6.96. The highest BCUT2D eigenvalue weighted by atomic mass is 79.9. The maximum atomic E-state index is 12.9. The van der Waals surface area contributed by atoms with Crippen molar-refractivity contribution in [1.82, 2.24) is 0 Å². The predicted molar refractivity (Wildman–Crippen MR) is 96.2 cm³/mol. The van der Waals surface area contributed by atoms with E-state index in [2.05, 4.69) is 15.9 Å². The summed E-state index contributed by atoms with van der Waals surface area (Å²) in [5.41, 5.74) is 1.20. The van der Waals surface area contributed by atoms with Crippen LogP contribution in [0.3, 0.4) is 0 Å². The van der Waals surface area contributed by atoms with Gasteiger partial charge >= 0.3 is 5.97 Å². The highest BCUT2D eigenvalue weighted by Crippen LogP contribution is 2.31. The quantitative estimate of drug-likeness (QED) is 0.805. The van der Waals surface area contributed by atoms with Crippen LogP contribution in [0.15, 0.2) is 40.9 Å². The first kappa shape index (κ1) is 18.3. The number of carboxylic acid groups (broad SMARTS) is 1. The minimum atomic E-state index is -1.04. The molecule has 1 N–H and O–H groups in total. The van der Waals surface area contributed by atoms with E-state index in [1.807, 2.05) is 0 Å². The summed E-state index contributed by atoms with van der Waals surface area (Å²) in [7, 11) is 3.12. The van der Waals surface area contributed by atoms with Gasteiger partial charge in [0.05, 0.1) is 24.2 Å². The highest BCUT2D eigenvalue weighted by Gasteiger charge is 2.22. The Morgan fingerprint density at radius 2 is 1.96 bits per heavy atom. The molecule has 5 nitrogen and oxygen atoms in total. The van der Waals surface area contributed by atoms with Crippen molar-refractivity contribution in [2.24, 2.45) is 0 Å². The molecule has 0 saturated carbocycles. The zero-order chi connectivity index (χ0) is 17.9. The number of halogens is 2. The van der Waals surface area contributed by atoms with Crippen molar-refractivity contribution in [3.8, 4) is 5.75 Å². The van der Waals surface area contributed by atoms with E-state index in [1.54, 1.807) is 31.3 Å². The van der Waals surface area contributed by atoms with Crippen molar-refractivity contribution < 1.29 is 19.4 Å². The van der Waals surface area contributed by atoms with Crippen molar-refractivity contribution in [1.29, 1.82) is 0 Å². The number of para-hydroxylation sites is 2. The second kappa shape index (κ2) is 7.68. The first-order valence-corrected chi connectivity index (χ1v) is 8.13. The molecule has 2 aromatic rings. The summed E-state index contributed by atoms with van der Waals surface area (Å²) < 4.78 is 5.79. The van der Waals surface area contributed by atoms with Crippen molar-refractivity contribution in [3.63, 3.8) is 0 Å². The van der Waals surface area contributed by atoms with Crippen LogP contribution in [0.1, 0.15) is 15.9 Å². The third kappa shape index (κ3) is 3.88. The van der Waals surface area contributed by atoms with Gasteiger partial charge in [-0.25, -0.2) is 0 Å². The number of nitrogens with zero attached hydrogens (tertiary/aromatic N) is 1. The standard InChI is InChI=1S/C17H15BrClNO4/c1-20(14-5-3-4-6-15(14)24-2)17(23)11-9-12(18)13(19)7-10(11)8-16(21)22/h3-7,9H,8H2,1-2H3,(H,21,22). The topological polar surface area (TPSA) is 66.8 Å². The number of carbonyl (C=O) groups is 2. The van der Waals surface area contributed by atoms with Crippen molar-refractivity contribution in [2.75, 3.05) is 19.1 Å². The predicted octanol–water partition coefficient (Wildman–Crippen LogP) is 4.01. The zero-order valence-corrected chi connectivity index (χ0v) is 15.4. The largest absolute Gasteiger partial charge is 0.495 e. The molecule has 0 aliphatic rings. The van der Waals surface area contributed by atoms with Gasteiger partial charge in [-0.2, -0.15) is 0 Å². The summed E-state index contributed by atoms with van der Waals surface area (Å²) >= 11 is 9.31. The molecular formula is C17H15BrClNO4. The number of methoxy groups -OCH3 is 1. The molecule has 0 saturated heterocycles. The lowest BCUT2D eigenvalue weighted by molar-refractivity contribution is -0.136. The van der Waals surface area contributed by atoms with Crippen LogP contribution in [0.25, 0.3) is 0 Å². The summed E-state index contributed by atoms with van der Waals surface area (Å²) in [4.78, 5) is 25.4. The lowest BCUT2D eigenvalue weighted by Gasteiger charge is -2.21. The van der Waals surface area contributed by atoms with Crippen LogP contribution < -0.4 is 9.64 Å². The first-order chi connectivity index (χ1) is 11.3. The Kier molecular flexibility index (Phi) is 5.85. The van der Waals surface area contributed by atoms with Crippen LogP contribution in [0.2, 0.25) is 5.02 Å². The molecule has 0 radical (unpaired) electrons. The fraction of sp³-hybridized carbons (Fsp3) is 0.176. The van der Waals surface area contributed by atoms with Crippen molar-refractivity contribution in [3.05, 3.63) is 57.0 Å². The average molecular weight is 413 g/mol. The van der Waals surface area contributed by atoms with Gasteiger partial charge in [0.15, 0.2) is 0 Å². The van der Waals surface area contributed by atoms with E-state index in [-0.39, 0.29) is 17.9 Å². The molecular weight excluding hydrogens is 398 g/mol. The second-order valence-corrected chi connectivity index (χ2v) is 6.29. The van der Waals surface area contributed by atoms with Crippen LogP contribution in [-0.2, 0) is 11.2 Å². The Morgan fingerprint density at radius 1 is 1.29 bits per heavy atom. The molecule has 0 fully saturated rings. The molecule has 0 atom stereocenters. The molecule has 2 aromatic carbocycles. The number of hydrogen-bond acceptors (Lipinski definition) is 3. The summed E-state index contributed by atoms with van der Waals surface area (Å²) in [5.74, 6) is -0.850. The number of carboxylic acids is 1. The molecule has 0 aromatic heterocycles. The Labute approximate surface area is 152 Å². The number of anilines is 1. The number of amides is 1. The number of benzene rings is 2. The number of aliphatic carboxylic acids is 1. The van der Waals surface area contributed by atoms with Gasteiger partial charge in [-0.1, -0.05) is 23.7 Å². The molecule has 7 heteroatoms. The Morgan fingerprint density at radius 3 is 2.58 bits per heavy atom. The van der Waals surface area contributed by atoms with Gasteiger partial charge < -0.3 is 14.7 Å². The molecule has 2 rings (SSSR count). The number of carbonyl (C=O) groups excluding carboxylic acids is 1. The maximum Gasteiger partial charge on any atom is 0.307 e. The van der Waals surface area contributed by atoms with Gasteiger partial charge in [-0.05, 0) is 45.8 Å². The smallest absolute Gasteiger partial charge is 0.307 e. The van der Waals surface area contributed by atoms with E-state index in [0.29, 0.717) is 26.5 Å². The molecule has 0 aliphatic heterocycles. The molecule has 126 valence electrons. The van der Waals surface area contributed by atoms with Crippen LogP contribution in [-0.4, -0.2) is 31.1 Å². The van der Waals surface area contributed by atoms with Gasteiger partial charge in [-0.15, -0.1) is 0 Å². The van der Waals surface area contributed by atoms with Crippen LogP contribution in [0.5, 0.6) is 5.75 Å². The molecule has 0 unspecified atom stereocenters. The van der Waals surface area contributed by atoms with Gasteiger partial charge in [0.25, 0.3) is 5.91 Å². The normalized spacial score (nSPS) is 10.3. The lowest BCUT2D eigenvalue weighted by Crippen LogP contribution is -2.28.